The molecule has 1 aliphatic heterocycles. The highest BCUT2D eigenvalue weighted by Gasteiger charge is 2.37. The van der Waals surface area contributed by atoms with Gasteiger partial charge in [-0.3, -0.25) is 4.79 Å². The molecule has 6 nitrogen and oxygen atoms in total. The molecule has 1 N–H and O–H groups in total. The standard InChI is InChI=1S/C20H24O6/c1-4-16-13(2)26-12-18(20(23)24-3)17(16)11-19(22)25-9-8-14-6-5-7-15(21)10-14/h4-7,10,12-13,16-17,21H,1,8-9,11H2,2-3H3/t13?,16?,17-/m0/s1. The molecule has 0 aromatic heterocycles. The van der Waals surface area contributed by atoms with Gasteiger partial charge in [-0.1, -0.05) is 18.2 Å². The van der Waals surface area contributed by atoms with Gasteiger partial charge >= 0.3 is 11.9 Å². The zero-order valence-corrected chi connectivity index (χ0v) is 15.0. The van der Waals surface area contributed by atoms with E-state index in [1.54, 1.807) is 24.3 Å². The molecule has 0 fully saturated rings. The van der Waals surface area contributed by atoms with Crippen molar-refractivity contribution in [2.75, 3.05) is 13.7 Å². The predicted octanol–water partition coefficient (Wildman–Crippen LogP) is 2.76. The number of methoxy groups -OCH3 is 1. The molecule has 1 heterocycles. The Morgan fingerprint density at radius 1 is 1.38 bits per heavy atom. The van der Waals surface area contributed by atoms with E-state index in [1.807, 2.05) is 13.0 Å². The van der Waals surface area contributed by atoms with Gasteiger partial charge in [0.05, 0.1) is 32.0 Å². The molecule has 0 saturated carbocycles. The number of hydrogen-bond acceptors (Lipinski definition) is 6. The molecule has 2 rings (SSSR count). The van der Waals surface area contributed by atoms with Crippen molar-refractivity contribution < 1.29 is 28.9 Å². The second-order valence-corrected chi connectivity index (χ2v) is 6.17. The van der Waals surface area contributed by atoms with Gasteiger partial charge in [0.1, 0.15) is 11.9 Å². The first-order valence-electron chi connectivity index (χ1n) is 8.46. The summed E-state index contributed by atoms with van der Waals surface area (Å²) in [6, 6.07) is 6.79. The van der Waals surface area contributed by atoms with Crippen LogP contribution in [0.4, 0.5) is 0 Å². The number of carbonyl (C=O) groups is 2. The summed E-state index contributed by atoms with van der Waals surface area (Å²) < 4.78 is 15.6. The van der Waals surface area contributed by atoms with E-state index in [2.05, 4.69) is 6.58 Å². The topological polar surface area (TPSA) is 82.1 Å². The van der Waals surface area contributed by atoms with E-state index in [-0.39, 0.29) is 30.8 Å². The summed E-state index contributed by atoms with van der Waals surface area (Å²) in [5.41, 5.74) is 1.18. The van der Waals surface area contributed by atoms with Gasteiger partial charge in [0, 0.05) is 18.3 Å². The fraction of sp³-hybridized carbons (Fsp3) is 0.400. The molecular formula is C20H24O6. The van der Waals surface area contributed by atoms with Crippen molar-refractivity contribution in [3.05, 3.63) is 54.3 Å². The minimum absolute atomic E-state index is 0.0331. The molecule has 0 spiro atoms. The Morgan fingerprint density at radius 2 is 2.15 bits per heavy atom. The van der Waals surface area contributed by atoms with Crippen molar-refractivity contribution in [1.29, 1.82) is 0 Å². The van der Waals surface area contributed by atoms with Crippen LogP contribution in [-0.2, 0) is 30.2 Å². The van der Waals surface area contributed by atoms with E-state index >= 15 is 0 Å². The van der Waals surface area contributed by atoms with Crippen LogP contribution in [0.5, 0.6) is 5.75 Å². The molecule has 1 aromatic rings. The lowest BCUT2D eigenvalue weighted by Gasteiger charge is -2.33. The highest BCUT2D eigenvalue weighted by atomic mass is 16.5. The number of benzene rings is 1. The highest BCUT2D eigenvalue weighted by molar-refractivity contribution is 5.90. The largest absolute Gasteiger partial charge is 0.508 e. The molecule has 1 aliphatic rings. The summed E-state index contributed by atoms with van der Waals surface area (Å²) in [5, 5.41) is 9.44. The number of phenols is 1. The van der Waals surface area contributed by atoms with Crippen LogP contribution in [0, 0.1) is 11.8 Å². The number of rotatable bonds is 7. The number of phenolic OH excluding ortho intramolecular Hbond substituents is 1. The highest BCUT2D eigenvalue weighted by Crippen LogP contribution is 2.34. The van der Waals surface area contributed by atoms with Crippen LogP contribution in [0.3, 0.4) is 0 Å². The quantitative estimate of drug-likeness (QED) is 0.595. The van der Waals surface area contributed by atoms with Gasteiger partial charge in [0.2, 0.25) is 0 Å². The average Bonchev–Trinajstić information content (AvgIpc) is 2.61. The third-order valence-corrected chi connectivity index (χ3v) is 4.46. The SMILES string of the molecule is C=CC1C(C)OC=C(C(=O)OC)[C@H]1CC(=O)OCCc1cccc(O)c1. The lowest BCUT2D eigenvalue weighted by atomic mass is 9.79. The number of hydrogen-bond donors (Lipinski definition) is 1. The molecule has 0 bridgehead atoms. The zero-order chi connectivity index (χ0) is 19.1. The number of aromatic hydroxyl groups is 1. The van der Waals surface area contributed by atoms with E-state index in [0.717, 1.165) is 5.56 Å². The van der Waals surface area contributed by atoms with Gasteiger partial charge in [0.15, 0.2) is 0 Å². The zero-order valence-electron chi connectivity index (χ0n) is 15.0. The van der Waals surface area contributed by atoms with Crippen LogP contribution < -0.4 is 0 Å². The molecule has 6 heteroatoms. The fourth-order valence-corrected chi connectivity index (χ4v) is 3.05. The normalized spacial score (nSPS) is 21.9. The third kappa shape index (κ3) is 4.88. The van der Waals surface area contributed by atoms with Crippen LogP contribution in [0.15, 0.2) is 48.8 Å². The first kappa shape index (κ1) is 19.6. The second kappa shape index (κ2) is 9.08. The number of carbonyl (C=O) groups excluding carboxylic acids is 2. The van der Waals surface area contributed by atoms with Crippen molar-refractivity contribution in [2.24, 2.45) is 11.8 Å². The molecule has 1 aromatic carbocycles. The summed E-state index contributed by atoms with van der Waals surface area (Å²) in [5.74, 6) is -1.37. The maximum atomic E-state index is 12.3. The Labute approximate surface area is 153 Å². The fourth-order valence-electron chi connectivity index (χ4n) is 3.05. The van der Waals surface area contributed by atoms with Crippen molar-refractivity contribution >= 4 is 11.9 Å². The van der Waals surface area contributed by atoms with Crippen molar-refractivity contribution in [1.82, 2.24) is 0 Å². The Morgan fingerprint density at radius 3 is 2.81 bits per heavy atom. The number of esters is 2. The molecular weight excluding hydrogens is 336 g/mol. The van der Waals surface area contributed by atoms with Gasteiger partial charge in [0.25, 0.3) is 0 Å². The molecule has 0 amide bonds. The van der Waals surface area contributed by atoms with Gasteiger partial charge in [-0.15, -0.1) is 6.58 Å². The minimum Gasteiger partial charge on any atom is -0.508 e. The molecule has 0 radical (unpaired) electrons. The Balaban J connectivity index is 1.97. The number of ether oxygens (including phenoxy) is 3. The van der Waals surface area contributed by atoms with Crippen LogP contribution in [-0.4, -0.2) is 36.9 Å². The molecule has 2 unspecified atom stereocenters. The summed E-state index contributed by atoms with van der Waals surface area (Å²) in [7, 11) is 1.29. The van der Waals surface area contributed by atoms with Crippen molar-refractivity contribution in [2.45, 2.75) is 25.9 Å². The maximum absolute atomic E-state index is 12.3. The Bertz CT molecular complexity index is 693. The lowest BCUT2D eigenvalue weighted by molar-refractivity contribution is -0.145. The Hall–Kier alpha value is -2.76. The first-order chi connectivity index (χ1) is 12.5. The molecule has 26 heavy (non-hydrogen) atoms. The molecule has 3 atom stereocenters. The van der Waals surface area contributed by atoms with Crippen LogP contribution >= 0.6 is 0 Å². The Kier molecular flexibility index (Phi) is 6.83. The van der Waals surface area contributed by atoms with E-state index < -0.39 is 17.9 Å². The van der Waals surface area contributed by atoms with E-state index in [1.165, 1.54) is 13.4 Å². The van der Waals surface area contributed by atoms with E-state index in [4.69, 9.17) is 14.2 Å². The monoisotopic (exact) mass is 360 g/mol. The summed E-state index contributed by atoms with van der Waals surface area (Å²) >= 11 is 0. The summed E-state index contributed by atoms with van der Waals surface area (Å²) in [6.45, 7) is 5.84. The van der Waals surface area contributed by atoms with E-state index in [9.17, 15) is 14.7 Å². The van der Waals surface area contributed by atoms with Gasteiger partial charge in [-0.25, -0.2) is 4.79 Å². The summed E-state index contributed by atoms with van der Waals surface area (Å²) in [4.78, 5) is 24.2. The third-order valence-electron chi connectivity index (χ3n) is 4.46. The molecule has 0 aliphatic carbocycles. The van der Waals surface area contributed by atoms with Crippen LogP contribution in [0.1, 0.15) is 18.9 Å². The molecule has 0 saturated heterocycles. The van der Waals surface area contributed by atoms with Crippen molar-refractivity contribution in [3.8, 4) is 5.75 Å². The van der Waals surface area contributed by atoms with Crippen LogP contribution in [0.2, 0.25) is 0 Å². The van der Waals surface area contributed by atoms with E-state index in [0.29, 0.717) is 12.0 Å². The van der Waals surface area contributed by atoms with Gasteiger partial charge in [-0.2, -0.15) is 0 Å². The van der Waals surface area contributed by atoms with Crippen molar-refractivity contribution in [3.63, 3.8) is 0 Å². The van der Waals surface area contributed by atoms with Gasteiger partial charge in [-0.05, 0) is 24.6 Å². The summed E-state index contributed by atoms with van der Waals surface area (Å²) in [6.07, 6.45) is 3.37. The van der Waals surface area contributed by atoms with Crippen LogP contribution in [0.25, 0.3) is 0 Å². The van der Waals surface area contributed by atoms with Gasteiger partial charge < -0.3 is 19.3 Å². The lowest BCUT2D eigenvalue weighted by Crippen LogP contribution is -2.35. The smallest absolute Gasteiger partial charge is 0.337 e. The average molecular weight is 360 g/mol. The minimum atomic E-state index is -0.527. The second-order valence-electron chi connectivity index (χ2n) is 6.17. The predicted molar refractivity (Wildman–Crippen MR) is 95.2 cm³/mol. The first-order valence-corrected chi connectivity index (χ1v) is 8.46. The molecule has 140 valence electrons. The maximum Gasteiger partial charge on any atom is 0.337 e.